The minimum absolute atomic E-state index is 0.0825. The van der Waals surface area contributed by atoms with E-state index >= 15 is 0 Å². The highest BCUT2D eigenvalue weighted by Gasteiger charge is 2.40. The number of rotatable bonds is 4. The topological polar surface area (TPSA) is 83.6 Å². The van der Waals surface area contributed by atoms with Gasteiger partial charge in [-0.1, -0.05) is 0 Å². The van der Waals surface area contributed by atoms with E-state index in [1.54, 1.807) is 4.90 Å². The number of carboxylic acid groups (broad SMARTS) is 1. The second-order valence-corrected chi connectivity index (χ2v) is 4.59. The van der Waals surface area contributed by atoms with Gasteiger partial charge in [0.1, 0.15) is 0 Å². The van der Waals surface area contributed by atoms with Crippen LogP contribution in [0.15, 0.2) is 0 Å². The smallest absolute Gasteiger partial charge is 0.308 e. The third kappa shape index (κ3) is 2.47. The second-order valence-electron chi connectivity index (χ2n) is 4.59. The summed E-state index contributed by atoms with van der Waals surface area (Å²) >= 11 is 0. The third-order valence-corrected chi connectivity index (χ3v) is 2.96. The first kappa shape index (κ1) is 12.0. The molecule has 1 rings (SSSR count). The summed E-state index contributed by atoms with van der Waals surface area (Å²) in [4.78, 5) is 24.0. The summed E-state index contributed by atoms with van der Waals surface area (Å²) in [6.07, 6.45) is 0.800. The summed E-state index contributed by atoms with van der Waals surface area (Å²) in [6, 6.07) is 0. The fourth-order valence-corrected chi connectivity index (χ4v) is 1.95. The molecule has 3 N–H and O–H groups in total. The minimum atomic E-state index is -0.894. The highest BCUT2D eigenvalue weighted by atomic mass is 16.4. The minimum Gasteiger partial charge on any atom is -0.481 e. The normalized spacial score (nSPS) is 22.2. The van der Waals surface area contributed by atoms with Crippen LogP contribution in [0.3, 0.4) is 0 Å². The molecule has 0 aliphatic carbocycles. The highest BCUT2D eigenvalue weighted by molar-refractivity contribution is 5.86. The molecule has 0 aromatic heterocycles. The molecule has 5 heteroatoms. The molecule has 1 fully saturated rings. The number of nitrogens with two attached hydrogens (primary N) is 1. The van der Waals surface area contributed by atoms with Crippen molar-refractivity contribution in [2.45, 2.75) is 32.2 Å². The van der Waals surface area contributed by atoms with E-state index < -0.39 is 11.9 Å². The predicted octanol–water partition coefficient (Wildman–Crippen LogP) is 0.0469. The number of amides is 1. The Labute approximate surface area is 89.2 Å². The van der Waals surface area contributed by atoms with E-state index in [1.165, 1.54) is 0 Å². The van der Waals surface area contributed by atoms with Gasteiger partial charge in [0.25, 0.3) is 0 Å². The van der Waals surface area contributed by atoms with Gasteiger partial charge in [0, 0.05) is 18.5 Å². The summed E-state index contributed by atoms with van der Waals surface area (Å²) in [5.74, 6) is -1.54. The number of aliphatic carboxylic acids is 1. The Morgan fingerprint density at radius 3 is 2.67 bits per heavy atom. The molecule has 0 bridgehead atoms. The van der Waals surface area contributed by atoms with Crippen molar-refractivity contribution in [3.05, 3.63) is 0 Å². The van der Waals surface area contributed by atoms with Crippen LogP contribution in [-0.4, -0.2) is 40.5 Å². The molecule has 1 aliphatic heterocycles. The fourth-order valence-electron chi connectivity index (χ4n) is 1.95. The quantitative estimate of drug-likeness (QED) is 0.692. The molecular formula is C10H18N2O3. The van der Waals surface area contributed by atoms with Crippen molar-refractivity contribution in [2.75, 3.05) is 13.1 Å². The monoisotopic (exact) mass is 214 g/mol. The number of nitrogens with zero attached hydrogens (tertiary/aromatic N) is 1. The van der Waals surface area contributed by atoms with Gasteiger partial charge in [0.2, 0.25) is 5.91 Å². The average Bonchev–Trinajstić information content (AvgIpc) is 2.47. The van der Waals surface area contributed by atoms with Crippen LogP contribution in [0, 0.1) is 5.92 Å². The molecule has 86 valence electrons. The summed E-state index contributed by atoms with van der Waals surface area (Å²) < 4.78 is 0. The van der Waals surface area contributed by atoms with E-state index in [9.17, 15) is 9.59 Å². The maximum absolute atomic E-state index is 11.6. The molecule has 0 saturated carbocycles. The van der Waals surface area contributed by atoms with Crippen LogP contribution in [-0.2, 0) is 9.59 Å². The number of carbonyl (C=O) groups is 2. The Kier molecular flexibility index (Phi) is 3.34. The predicted molar refractivity (Wildman–Crippen MR) is 55.2 cm³/mol. The van der Waals surface area contributed by atoms with Gasteiger partial charge in [-0.05, 0) is 26.8 Å². The molecular weight excluding hydrogens is 196 g/mol. The molecule has 5 nitrogen and oxygen atoms in total. The number of hydrogen-bond donors (Lipinski definition) is 2. The second kappa shape index (κ2) is 4.18. The lowest BCUT2D eigenvalue weighted by Gasteiger charge is -2.35. The Morgan fingerprint density at radius 2 is 2.27 bits per heavy atom. The Bertz CT molecular complexity index is 276. The summed E-state index contributed by atoms with van der Waals surface area (Å²) in [5, 5.41) is 8.84. The van der Waals surface area contributed by atoms with Gasteiger partial charge in [-0.15, -0.1) is 0 Å². The molecule has 1 amide bonds. The van der Waals surface area contributed by atoms with Crippen molar-refractivity contribution in [1.82, 2.24) is 4.90 Å². The van der Waals surface area contributed by atoms with Crippen LogP contribution >= 0.6 is 0 Å². The maximum atomic E-state index is 11.6. The molecule has 1 aliphatic rings. The molecule has 0 aromatic rings. The lowest BCUT2D eigenvalue weighted by molar-refractivity contribution is -0.141. The van der Waals surface area contributed by atoms with E-state index in [2.05, 4.69) is 0 Å². The molecule has 0 radical (unpaired) electrons. The lowest BCUT2D eigenvalue weighted by atomic mass is 9.98. The molecule has 15 heavy (non-hydrogen) atoms. The van der Waals surface area contributed by atoms with Crippen LogP contribution in [0.25, 0.3) is 0 Å². The Balaban J connectivity index is 2.72. The number of carbonyl (C=O) groups excluding carboxylic acids is 1. The zero-order chi connectivity index (χ0) is 11.6. The van der Waals surface area contributed by atoms with E-state index in [0.717, 1.165) is 0 Å². The van der Waals surface area contributed by atoms with Crippen LogP contribution in [0.4, 0.5) is 0 Å². The van der Waals surface area contributed by atoms with Crippen LogP contribution in [0.5, 0.6) is 0 Å². The molecule has 1 unspecified atom stereocenters. The van der Waals surface area contributed by atoms with Crippen LogP contribution < -0.4 is 5.73 Å². The summed E-state index contributed by atoms with van der Waals surface area (Å²) in [6.45, 7) is 4.64. The van der Waals surface area contributed by atoms with E-state index in [4.69, 9.17) is 10.8 Å². The van der Waals surface area contributed by atoms with Gasteiger partial charge in [-0.2, -0.15) is 0 Å². The first-order valence-corrected chi connectivity index (χ1v) is 5.12. The average molecular weight is 214 g/mol. The Hall–Kier alpha value is -1.10. The fraction of sp³-hybridized carbons (Fsp3) is 0.800. The zero-order valence-corrected chi connectivity index (χ0v) is 9.19. The first-order valence-electron chi connectivity index (χ1n) is 5.12. The number of hydrogen-bond acceptors (Lipinski definition) is 3. The van der Waals surface area contributed by atoms with Crippen molar-refractivity contribution in [3.63, 3.8) is 0 Å². The lowest BCUT2D eigenvalue weighted by Crippen LogP contribution is -2.46. The van der Waals surface area contributed by atoms with E-state index in [0.29, 0.717) is 19.5 Å². The van der Waals surface area contributed by atoms with Crippen molar-refractivity contribution in [2.24, 2.45) is 11.7 Å². The van der Waals surface area contributed by atoms with E-state index in [1.807, 2.05) is 13.8 Å². The van der Waals surface area contributed by atoms with Crippen molar-refractivity contribution in [1.29, 1.82) is 0 Å². The largest absolute Gasteiger partial charge is 0.481 e. The number of carboxylic acids is 1. The number of likely N-dealkylation sites (tertiary alicyclic amines) is 1. The first-order chi connectivity index (χ1) is 6.88. The van der Waals surface area contributed by atoms with Crippen molar-refractivity contribution >= 4 is 11.9 Å². The molecule has 1 saturated heterocycles. The SMILES string of the molecule is CC(C)(CCN)N1CC(C(=O)O)CC1=O. The third-order valence-electron chi connectivity index (χ3n) is 2.96. The van der Waals surface area contributed by atoms with Crippen LogP contribution in [0.1, 0.15) is 26.7 Å². The van der Waals surface area contributed by atoms with Gasteiger partial charge in [0.05, 0.1) is 5.92 Å². The van der Waals surface area contributed by atoms with Gasteiger partial charge >= 0.3 is 5.97 Å². The molecule has 0 spiro atoms. The van der Waals surface area contributed by atoms with Gasteiger partial charge in [-0.25, -0.2) is 0 Å². The van der Waals surface area contributed by atoms with Gasteiger partial charge < -0.3 is 15.7 Å². The zero-order valence-electron chi connectivity index (χ0n) is 9.19. The van der Waals surface area contributed by atoms with Crippen molar-refractivity contribution in [3.8, 4) is 0 Å². The van der Waals surface area contributed by atoms with Gasteiger partial charge in [0.15, 0.2) is 0 Å². The molecule has 0 aromatic carbocycles. The standard InChI is InChI=1S/C10H18N2O3/c1-10(2,3-4-11)12-6-7(9(14)15)5-8(12)13/h7H,3-6,11H2,1-2H3,(H,14,15). The summed E-state index contributed by atoms with van der Waals surface area (Å²) in [5.41, 5.74) is 5.13. The maximum Gasteiger partial charge on any atom is 0.308 e. The molecule has 1 heterocycles. The highest BCUT2D eigenvalue weighted by Crippen LogP contribution is 2.28. The van der Waals surface area contributed by atoms with Gasteiger partial charge in [-0.3, -0.25) is 9.59 Å². The van der Waals surface area contributed by atoms with Crippen LogP contribution in [0.2, 0.25) is 0 Å². The van der Waals surface area contributed by atoms with Crippen molar-refractivity contribution < 1.29 is 14.7 Å². The molecule has 1 atom stereocenters. The Morgan fingerprint density at radius 1 is 1.67 bits per heavy atom. The van der Waals surface area contributed by atoms with E-state index in [-0.39, 0.29) is 17.9 Å². The summed E-state index contributed by atoms with van der Waals surface area (Å²) in [7, 11) is 0.